The van der Waals surface area contributed by atoms with E-state index in [0.717, 1.165) is 25.7 Å². The van der Waals surface area contributed by atoms with Crippen LogP contribution in [0.4, 0.5) is 0 Å². The third kappa shape index (κ3) is 3.31. The molecule has 0 saturated heterocycles. The summed E-state index contributed by atoms with van der Waals surface area (Å²) in [7, 11) is 2.90. The van der Waals surface area contributed by atoms with Gasteiger partial charge in [0.1, 0.15) is 11.1 Å². The van der Waals surface area contributed by atoms with Crippen molar-refractivity contribution in [3.05, 3.63) is 39.0 Å². The Morgan fingerprint density at radius 3 is 2.56 bits per heavy atom. The first-order valence-electron chi connectivity index (χ1n) is 8.42. The molecular formula is C18H22N2O5. The van der Waals surface area contributed by atoms with Gasteiger partial charge in [0.25, 0.3) is 5.56 Å². The molecule has 0 amide bonds. The van der Waals surface area contributed by atoms with Gasteiger partial charge in [-0.05, 0) is 43.7 Å². The number of hydrogen-bond acceptors (Lipinski definition) is 5. The molecule has 2 aromatic rings. The highest BCUT2D eigenvalue weighted by Gasteiger charge is 2.27. The minimum absolute atomic E-state index is 0.0760. The Balaban J connectivity index is 1.87. The van der Waals surface area contributed by atoms with Gasteiger partial charge in [0.2, 0.25) is 0 Å². The smallest absolute Gasteiger partial charge is 0.328 e. The SMILES string of the molecule is COc1cccc2[nH]c(=O)n(C[C@H]3CC[C@H](C(=O)OC)CC3)c(=O)c12. The van der Waals surface area contributed by atoms with Crippen LogP contribution in [0, 0.1) is 11.8 Å². The highest BCUT2D eigenvalue weighted by atomic mass is 16.5. The van der Waals surface area contributed by atoms with E-state index in [4.69, 9.17) is 9.47 Å². The van der Waals surface area contributed by atoms with Crippen molar-refractivity contribution in [2.75, 3.05) is 14.2 Å². The minimum Gasteiger partial charge on any atom is -0.496 e. The van der Waals surface area contributed by atoms with E-state index in [9.17, 15) is 14.4 Å². The van der Waals surface area contributed by atoms with E-state index in [1.54, 1.807) is 18.2 Å². The molecule has 1 N–H and O–H groups in total. The van der Waals surface area contributed by atoms with Crippen molar-refractivity contribution in [2.24, 2.45) is 11.8 Å². The maximum absolute atomic E-state index is 12.8. The second-order valence-corrected chi connectivity index (χ2v) is 6.47. The van der Waals surface area contributed by atoms with E-state index in [1.807, 2.05) is 0 Å². The quantitative estimate of drug-likeness (QED) is 0.851. The van der Waals surface area contributed by atoms with Gasteiger partial charge < -0.3 is 14.5 Å². The molecule has 7 nitrogen and oxygen atoms in total. The lowest BCUT2D eigenvalue weighted by atomic mass is 9.82. The van der Waals surface area contributed by atoms with E-state index in [1.165, 1.54) is 18.8 Å². The van der Waals surface area contributed by atoms with Crippen LogP contribution in [0.25, 0.3) is 10.9 Å². The molecule has 1 aliphatic carbocycles. The molecule has 7 heteroatoms. The standard InChI is InChI=1S/C18H22N2O5/c1-24-14-5-3-4-13-15(14)16(21)20(18(23)19-13)10-11-6-8-12(9-7-11)17(22)25-2/h3-5,11-12H,6-10H2,1-2H3,(H,19,23)/t11-,12-. The monoisotopic (exact) mass is 346 g/mol. The summed E-state index contributed by atoms with van der Waals surface area (Å²) in [5.41, 5.74) is -0.285. The van der Waals surface area contributed by atoms with Gasteiger partial charge >= 0.3 is 11.7 Å². The summed E-state index contributed by atoms with van der Waals surface area (Å²) in [6.45, 7) is 0.343. The third-order valence-electron chi connectivity index (χ3n) is 5.01. The average Bonchev–Trinajstić information content (AvgIpc) is 2.64. The second kappa shape index (κ2) is 7.13. The van der Waals surface area contributed by atoms with Crippen LogP contribution in [0.3, 0.4) is 0 Å². The number of H-pyrrole nitrogens is 1. The molecule has 0 aliphatic heterocycles. The number of rotatable bonds is 4. The molecule has 1 aliphatic rings. The molecule has 0 bridgehead atoms. The van der Waals surface area contributed by atoms with Crippen LogP contribution >= 0.6 is 0 Å². The van der Waals surface area contributed by atoms with Gasteiger partial charge in [-0.1, -0.05) is 6.07 Å². The molecule has 1 aromatic heterocycles. The minimum atomic E-state index is -0.416. The van der Waals surface area contributed by atoms with Crippen molar-refractivity contribution >= 4 is 16.9 Å². The third-order valence-corrected chi connectivity index (χ3v) is 5.01. The number of aromatic nitrogens is 2. The Morgan fingerprint density at radius 1 is 1.20 bits per heavy atom. The molecule has 0 atom stereocenters. The fraction of sp³-hybridized carbons (Fsp3) is 0.500. The molecule has 25 heavy (non-hydrogen) atoms. The maximum atomic E-state index is 12.8. The largest absolute Gasteiger partial charge is 0.496 e. The van der Waals surface area contributed by atoms with E-state index < -0.39 is 5.69 Å². The molecule has 0 unspecified atom stereocenters. The number of benzene rings is 1. The number of fused-ring (bicyclic) bond motifs is 1. The number of aromatic amines is 1. The fourth-order valence-corrected chi connectivity index (χ4v) is 3.61. The van der Waals surface area contributed by atoms with Crippen LogP contribution in [0.2, 0.25) is 0 Å². The molecular weight excluding hydrogens is 324 g/mol. The number of nitrogens with zero attached hydrogens (tertiary/aromatic N) is 1. The summed E-state index contributed by atoms with van der Waals surface area (Å²) in [5, 5.41) is 0.382. The molecule has 1 heterocycles. The van der Waals surface area contributed by atoms with Crippen LogP contribution in [0.15, 0.2) is 27.8 Å². The Labute approximate surface area is 144 Å². The summed E-state index contributed by atoms with van der Waals surface area (Å²) in [4.78, 5) is 39.5. The predicted octanol–water partition coefficient (Wildman–Crippen LogP) is 1.68. The van der Waals surface area contributed by atoms with E-state index in [-0.39, 0.29) is 23.4 Å². The summed E-state index contributed by atoms with van der Waals surface area (Å²) >= 11 is 0. The number of ether oxygens (including phenoxy) is 2. The van der Waals surface area contributed by atoms with Crippen molar-refractivity contribution < 1.29 is 14.3 Å². The highest BCUT2D eigenvalue weighted by Crippen LogP contribution is 2.30. The zero-order chi connectivity index (χ0) is 18.0. The van der Waals surface area contributed by atoms with Gasteiger partial charge in [-0.3, -0.25) is 14.2 Å². The summed E-state index contributed by atoms with van der Waals surface area (Å²) < 4.78 is 11.3. The van der Waals surface area contributed by atoms with E-state index in [0.29, 0.717) is 23.2 Å². The molecule has 1 saturated carbocycles. The second-order valence-electron chi connectivity index (χ2n) is 6.47. The lowest BCUT2D eigenvalue weighted by molar-refractivity contribution is -0.146. The Morgan fingerprint density at radius 2 is 1.92 bits per heavy atom. The summed E-state index contributed by atoms with van der Waals surface area (Å²) in [6, 6.07) is 5.12. The molecule has 1 aromatic carbocycles. The van der Waals surface area contributed by atoms with Gasteiger partial charge in [-0.2, -0.15) is 0 Å². The predicted molar refractivity (Wildman–Crippen MR) is 92.8 cm³/mol. The maximum Gasteiger partial charge on any atom is 0.328 e. The molecule has 1 fully saturated rings. The fourth-order valence-electron chi connectivity index (χ4n) is 3.61. The van der Waals surface area contributed by atoms with Gasteiger partial charge in [0.05, 0.1) is 25.7 Å². The van der Waals surface area contributed by atoms with Crippen molar-refractivity contribution in [3.63, 3.8) is 0 Å². The number of hydrogen-bond donors (Lipinski definition) is 1. The number of carbonyl (C=O) groups is 1. The number of carbonyl (C=O) groups excluding carboxylic acids is 1. The number of methoxy groups -OCH3 is 2. The van der Waals surface area contributed by atoms with Crippen LogP contribution in [-0.4, -0.2) is 29.7 Å². The van der Waals surface area contributed by atoms with Crippen LogP contribution < -0.4 is 16.0 Å². The first-order chi connectivity index (χ1) is 12.0. The van der Waals surface area contributed by atoms with E-state index >= 15 is 0 Å². The Hall–Kier alpha value is -2.57. The normalized spacial score (nSPS) is 20.4. The summed E-state index contributed by atoms with van der Waals surface area (Å²) in [5.74, 6) is 0.380. The van der Waals surface area contributed by atoms with Crippen molar-refractivity contribution in [1.29, 1.82) is 0 Å². The van der Waals surface area contributed by atoms with Gasteiger partial charge in [-0.15, -0.1) is 0 Å². The zero-order valence-corrected chi connectivity index (χ0v) is 14.4. The first-order valence-corrected chi connectivity index (χ1v) is 8.42. The molecule has 0 spiro atoms. The van der Waals surface area contributed by atoms with Crippen LogP contribution in [0.5, 0.6) is 5.75 Å². The Bertz CT molecular complexity index is 890. The van der Waals surface area contributed by atoms with Crippen LogP contribution in [-0.2, 0) is 16.1 Å². The number of nitrogens with one attached hydrogen (secondary N) is 1. The van der Waals surface area contributed by atoms with Crippen molar-refractivity contribution in [3.8, 4) is 5.75 Å². The van der Waals surface area contributed by atoms with Gasteiger partial charge in [-0.25, -0.2) is 4.79 Å². The van der Waals surface area contributed by atoms with Crippen LogP contribution in [0.1, 0.15) is 25.7 Å². The van der Waals surface area contributed by atoms with Gasteiger partial charge in [0, 0.05) is 6.54 Å². The van der Waals surface area contributed by atoms with Gasteiger partial charge in [0.15, 0.2) is 0 Å². The molecule has 0 radical (unpaired) electrons. The Kier molecular flexibility index (Phi) is 4.92. The molecule has 134 valence electrons. The average molecular weight is 346 g/mol. The lowest BCUT2D eigenvalue weighted by Gasteiger charge is -2.27. The topological polar surface area (TPSA) is 90.4 Å². The van der Waals surface area contributed by atoms with Crippen molar-refractivity contribution in [1.82, 2.24) is 9.55 Å². The first kappa shape index (κ1) is 17.3. The molecule has 3 rings (SSSR count). The van der Waals surface area contributed by atoms with E-state index in [2.05, 4.69) is 4.98 Å². The number of esters is 1. The highest BCUT2D eigenvalue weighted by molar-refractivity contribution is 5.83. The lowest BCUT2D eigenvalue weighted by Crippen LogP contribution is -2.38. The van der Waals surface area contributed by atoms with Crippen molar-refractivity contribution in [2.45, 2.75) is 32.2 Å². The summed E-state index contributed by atoms with van der Waals surface area (Å²) in [6.07, 6.45) is 3.02. The zero-order valence-electron chi connectivity index (χ0n) is 14.4.